The van der Waals surface area contributed by atoms with E-state index in [0.29, 0.717) is 0 Å². The van der Waals surface area contributed by atoms with Gasteiger partial charge in [-0.15, -0.1) is 11.3 Å². The van der Waals surface area contributed by atoms with Crippen LogP contribution in [0.1, 0.15) is 5.56 Å². The lowest BCUT2D eigenvalue weighted by Crippen LogP contribution is -1.81. The maximum Gasteiger partial charge on any atom is 0.123 e. The Morgan fingerprint density at radius 3 is 2.20 bits per heavy atom. The van der Waals surface area contributed by atoms with Gasteiger partial charge >= 0.3 is 0 Å². The Kier molecular flexibility index (Phi) is 3.52. The Morgan fingerprint density at radius 1 is 0.900 bits per heavy atom. The third kappa shape index (κ3) is 2.58. The summed E-state index contributed by atoms with van der Waals surface area (Å²) >= 11 is 1.71. The highest BCUT2D eigenvalue weighted by atomic mass is 32.1. The van der Waals surface area contributed by atoms with E-state index in [1.165, 1.54) is 21.6 Å². The third-order valence-electron chi connectivity index (χ3n) is 3.18. The van der Waals surface area contributed by atoms with Gasteiger partial charge in [-0.1, -0.05) is 29.8 Å². The number of aromatic nitrogens is 1. The van der Waals surface area contributed by atoms with Gasteiger partial charge in [-0.25, -0.2) is 4.98 Å². The molecule has 3 rings (SSSR count). The zero-order valence-electron chi connectivity index (χ0n) is 11.5. The van der Waals surface area contributed by atoms with E-state index in [9.17, 15) is 0 Å². The molecule has 20 heavy (non-hydrogen) atoms. The van der Waals surface area contributed by atoms with Gasteiger partial charge in [-0.3, -0.25) is 0 Å². The number of benzene rings is 2. The molecule has 0 amide bonds. The molecule has 0 unspecified atom stereocenters. The smallest absolute Gasteiger partial charge is 0.123 e. The molecular weight excluding hydrogens is 266 g/mol. The normalized spacial score (nSPS) is 10.5. The highest BCUT2D eigenvalue weighted by Gasteiger charge is 2.06. The number of ether oxygens (including phenoxy) is 1. The summed E-state index contributed by atoms with van der Waals surface area (Å²) in [6, 6.07) is 16.5. The minimum atomic E-state index is 0.872. The highest BCUT2D eigenvalue weighted by molar-refractivity contribution is 7.18. The predicted octanol–water partition coefficient (Wildman–Crippen LogP) is 4.79. The number of rotatable bonds is 3. The molecule has 1 heterocycles. The van der Waals surface area contributed by atoms with E-state index in [1.54, 1.807) is 18.4 Å². The van der Waals surface area contributed by atoms with Gasteiger partial charge in [-0.2, -0.15) is 0 Å². The van der Waals surface area contributed by atoms with Crippen molar-refractivity contribution in [3.05, 3.63) is 60.3 Å². The van der Waals surface area contributed by atoms with Gasteiger partial charge < -0.3 is 4.74 Å². The summed E-state index contributed by atoms with van der Waals surface area (Å²) in [7, 11) is 1.68. The van der Waals surface area contributed by atoms with Gasteiger partial charge in [-0.05, 0) is 36.8 Å². The van der Waals surface area contributed by atoms with Crippen LogP contribution in [-0.4, -0.2) is 12.1 Å². The Bertz CT molecular complexity index is 699. The second-order valence-electron chi connectivity index (χ2n) is 4.62. The second-order valence-corrected chi connectivity index (χ2v) is 5.65. The number of aryl methyl sites for hydroxylation is 1. The fourth-order valence-electron chi connectivity index (χ4n) is 1.99. The Hall–Kier alpha value is -2.13. The van der Waals surface area contributed by atoms with Crippen LogP contribution < -0.4 is 4.74 Å². The summed E-state index contributed by atoms with van der Waals surface area (Å²) in [5, 5.41) is 1.05. The molecule has 3 aromatic rings. The molecule has 2 aromatic carbocycles. The molecule has 0 N–H and O–H groups in total. The van der Waals surface area contributed by atoms with Crippen LogP contribution in [-0.2, 0) is 0 Å². The number of methoxy groups -OCH3 is 1. The standard InChI is InChI=1S/C17H15NOS/c1-12-3-5-14(6-4-12)17-18-11-16(20-17)13-7-9-15(19-2)10-8-13/h3-11H,1-2H3. The van der Waals surface area contributed by atoms with E-state index in [0.717, 1.165) is 10.8 Å². The molecule has 0 saturated carbocycles. The first-order chi connectivity index (χ1) is 9.76. The molecule has 1 aromatic heterocycles. The molecule has 2 nitrogen and oxygen atoms in total. The topological polar surface area (TPSA) is 22.1 Å². The molecule has 100 valence electrons. The Balaban J connectivity index is 1.91. The molecule has 3 heteroatoms. The Morgan fingerprint density at radius 2 is 1.55 bits per heavy atom. The van der Waals surface area contributed by atoms with Crippen LogP contribution in [0.3, 0.4) is 0 Å². The van der Waals surface area contributed by atoms with Crippen molar-refractivity contribution < 1.29 is 4.74 Å². The molecule has 0 bridgehead atoms. The van der Waals surface area contributed by atoms with Gasteiger partial charge in [0, 0.05) is 11.8 Å². The molecule has 0 radical (unpaired) electrons. The SMILES string of the molecule is COc1ccc(-c2cnc(-c3ccc(C)cc3)s2)cc1. The van der Waals surface area contributed by atoms with E-state index in [1.807, 2.05) is 18.3 Å². The highest BCUT2D eigenvalue weighted by Crippen LogP contribution is 2.32. The van der Waals surface area contributed by atoms with Crippen LogP contribution in [0.5, 0.6) is 5.75 Å². The lowest BCUT2D eigenvalue weighted by molar-refractivity contribution is 0.415. The number of hydrogen-bond acceptors (Lipinski definition) is 3. The zero-order chi connectivity index (χ0) is 13.9. The lowest BCUT2D eigenvalue weighted by Gasteiger charge is -2.00. The van der Waals surface area contributed by atoms with Crippen molar-refractivity contribution in [2.45, 2.75) is 6.92 Å². The summed E-state index contributed by atoms with van der Waals surface area (Å²) in [4.78, 5) is 5.69. The molecule has 0 saturated heterocycles. The summed E-state index contributed by atoms with van der Waals surface area (Å²) in [5.41, 5.74) is 3.60. The summed E-state index contributed by atoms with van der Waals surface area (Å²) in [6.45, 7) is 2.09. The van der Waals surface area contributed by atoms with Crippen LogP contribution in [0.25, 0.3) is 21.0 Å². The first kappa shape index (κ1) is 12.9. The maximum absolute atomic E-state index is 5.18. The van der Waals surface area contributed by atoms with Crippen molar-refractivity contribution in [2.75, 3.05) is 7.11 Å². The molecule has 0 aliphatic rings. The largest absolute Gasteiger partial charge is 0.497 e. The van der Waals surface area contributed by atoms with Crippen molar-refractivity contribution in [1.82, 2.24) is 4.98 Å². The van der Waals surface area contributed by atoms with Crippen LogP contribution >= 0.6 is 11.3 Å². The summed E-state index contributed by atoms with van der Waals surface area (Å²) in [5.74, 6) is 0.872. The first-order valence-electron chi connectivity index (χ1n) is 6.43. The van der Waals surface area contributed by atoms with Gasteiger partial charge in [0.05, 0.1) is 12.0 Å². The van der Waals surface area contributed by atoms with Crippen molar-refractivity contribution in [3.63, 3.8) is 0 Å². The molecule has 0 fully saturated rings. The second kappa shape index (κ2) is 5.47. The number of nitrogens with zero attached hydrogens (tertiary/aromatic N) is 1. The predicted molar refractivity (Wildman–Crippen MR) is 84.3 cm³/mol. The van der Waals surface area contributed by atoms with Crippen LogP contribution in [0.2, 0.25) is 0 Å². The summed E-state index contributed by atoms with van der Waals surface area (Å²) in [6.07, 6.45) is 1.93. The van der Waals surface area contributed by atoms with E-state index < -0.39 is 0 Å². The van der Waals surface area contributed by atoms with Crippen LogP contribution in [0.4, 0.5) is 0 Å². The zero-order valence-corrected chi connectivity index (χ0v) is 12.3. The fraction of sp³-hybridized carbons (Fsp3) is 0.118. The van der Waals surface area contributed by atoms with Crippen molar-refractivity contribution in [3.8, 4) is 26.8 Å². The van der Waals surface area contributed by atoms with Gasteiger partial charge in [0.1, 0.15) is 10.8 Å². The monoisotopic (exact) mass is 281 g/mol. The Labute approximate surface area is 122 Å². The number of hydrogen-bond donors (Lipinski definition) is 0. The van der Waals surface area contributed by atoms with Gasteiger partial charge in [0.25, 0.3) is 0 Å². The molecule has 0 atom stereocenters. The molecular formula is C17H15NOS. The number of thiazole rings is 1. The van der Waals surface area contributed by atoms with E-state index >= 15 is 0 Å². The fourth-order valence-corrected chi connectivity index (χ4v) is 2.92. The van der Waals surface area contributed by atoms with Crippen LogP contribution in [0, 0.1) is 6.92 Å². The minimum Gasteiger partial charge on any atom is -0.497 e. The quantitative estimate of drug-likeness (QED) is 0.688. The van der Waals surface area contributed by atoms with E-state index in [4.69, 9.17) is 4.74 Å². The minimum absolute atomic E-state index is 0.872. The first-order valence-corrected chi connectivity index (χ1v) is 7.25. The molecule has 0 aliphatic carbocycles. The van der Waals surface area contributed by atoms with E-state index in [2.05, 4.69) is 48.3 Å². The van der Waals surface area contributed by atoms with Gasteiger partial charge in [0.15, 0.2) is 0 Å². The van der Waals surface area contributed by atoms with Crippen molar-refractivity contribution in [1.29, 1.82) is 0 Å². The molecule has 0 aliphatic heterocycles. The molecule has 0 spiro atoms. The average molecular weight is 281 g/mol. The van der Waals surface area contributed by atoms with Gasteiger partial charge in [0.2, 0.25) is 0 Å². The summed E-state index contributed by atoms with van der Waals surface area (Å²) < 4.78 is 5.18. The third-order valence-corrected chi connectivity index (χ3v) is 4.27. The lowest BCUT2D eigenvalue weighted by atomic mass is 10.2. The van der Waals surface area contributed by atoms with E-state index in [-0.39, 0.29) is 0 Å². The van der Waals surface area contributed by atoms with Crippen molar-refractivity contribution >= 4 is 11.3 Å². The van der Waals surface area contributed by atoms with Crippen molar-refractivity contribution in [2.24, 2.45) is 0 Å². The average Bonchev–Trinajstić information content (AvgIpc) is 2.98. The van der Waals surface area contributed by atoms with Crippen LogP contribution in [0.15, 0.2) is 54.7 Å². The maximum atomic E-state index is 5.18.